The maximum absolute atomic E-state index is 12.4. The summed E-state index contributed by atoms with van der Waals surface area (Å²) in [7, 11) is 1.61. The largest absolute Gasteiger partial charge is 0.481 e. The maximum Gasteiger partial charge on any atom is 0.306 e. The number of aromatic nitrogens is 2. The molecule has 0 aromatic carbocycles. The molecule has 0 saturated carbocycles. The van der Waals surface area contributed by atoms with Gasteiger partial charge in [-0.2, -0.15) is 0 Å². The summed E-state index contributed by atoms with van der Waals surface area (Å²) in [6, 6.07) is 0. The molecule has 1 aliphatic rings. The number of hydrogen-bond donors (Lipinski definition) is 1. The first-order valence-electron chi connectivity index (χ1n) is 8.09. The summed E-state index contributed by atoms with van der Waals surface area (Å²) in [6.45, 7) is 0.865. The van der Waals surface area contributed by atoms with Crippen molar-refractivity contribution in [2.75, 3.05) is 26.7 Å². The van der Waals surface area contributed by atoms with E-state index in [0.717, 1.165) is 10.7 Å². The predicted molar refractivity (Wildman–Crippen MR) is 91.3 cm³/mol. The Morgan fingerprint density at radius 2 is 2.08 bits per heavy atom. The van der Waals surface area contributed by atoms with Crippen LogP contribution in [0.2, 0.25) is 0 Å². The molecule has 9 heteroatoms. The zero-order valence-electron chi connectivity index (χ0n) is 13.9. The lowest BCUT2D eigenvalue weighted by molar-refractivity contribution is -0.146. The molecule has 1 aliphatic heterocycles. The van der Waals surface area contributed by atoms with Gasteiger partial charge < -0.3 is 14.9 Å². The van der Waals surface area contributed by atoms with Gasteiger partial charge in [-0.05, 0) is 12.8 Å². The van der Waals surface area contributed by atoms with E-state index in [1.54, 1.807) is 18.1 Å². The number of amides is 2. The highest BCUT2D eigenvalue weighted by Gasteiger charge is 2.28. The number of carboxylic acids is 1. The third kappa shape index (κ3) is 3.81. The first-order chi connectivity index (χ1) is 12.0. The van der Waals surface area contributed by atoms with Crippen LogP contribution in [0.4, 0.5) is 0 Å². The van der Waals surface area contributed by atoms with Crippen LogP contribution in [0.25, 0.3) is 4.96 Å². The highest BCUT2D eigenvalue weighted by atomic mass is 32.1. The number of rotatable bonds is 5. The summed E-state index contributed by atoms with van der Waals surface area (Å²) < 4.78 is 1.87. The van der Waals surface area contributed by atoms with Crippen LogP contribution < -0.4 is 0 Å². The first kappa shape index (κ1) is 17.4. The van der Waals surface area contributed by atoms with Crippen LogP contribution in [0.5, 0.6) is 0 Å². The number of piperidine rings is 1. The minimum atomic E-state index is -0.805. The predicted octanol–water partition coefficient (Wildman–Crippen LogP) is 0.720. The zero-order chi connectivity index (χ0) is 18.0. The van der Waals surface area contributed by atoms with Gasteiger partial charge in [-0.25, -0.2) is 4.98 Å². The Hall–Kier alpha value is -2.42. The van der Waals surface area contributed by atoms with Crippen molar-refractivity contribution >= 4 is 34.1 Å². The number of imidazole rings is 1. The Morgan fingerprint density at radius 1 is 1.36 bits per heavy atom. The van der Waals surface area contributed by atoms with Crippen molar-refractivity contribution < 1.29 is 19.5 Å². The van der Waals surface area contributed by atoms with Crippen LogP contribution in [0.15, 0.2) is 17.8 Å². The molecule has 3 rings (SSSR count). The SMILES string of the molecule is CN(CC(=O)N1CCC(C(=O)O)CC1)C(=O)Cc1csc2nccn12. The topological polar surface area (TPSA) is 95.2 Å². The number of nitrogens with zero attached hydrogens (tertiary/aromatic N) is 4. The lowest BCUT2D eigenvalue weighted by Gasteiger charge is -2.31. The molecular formula is C16H20N4O4S. The number of fused-ring (bicyclic) bond motifs is 1. The van der Waals surface area contributed by atoms with Gasteiger partial charge in [0, 0.05) is 43.6 Å². The molecule has 0 spiro atoms. The molecule has 0 aliphatic carbocycles. The van der Waals surface area contributed by atoms with E-state index in [1.165, 1.54) is 16.2 Å². The summed E-state index contributed by atoms with van der Waals surface area (Å²) >= 11 is 1.47. The Labute approximate surface area is 148 Å². The van der Waals surface area contributed by atoms with Crippen molar-refractivity contribution in [3.63, 3.8) is 0 Å². The van der Waals surface area contributed by atoms with Gasteiger partial charge in [0.05, 0.1) is 18.9 Å². The lowest BCUT2D eigenvalue weighted by Crippen LogP contribution is -2.45. The monoisotopic (exact) mass is 364 g/mol. The molecule has 1 saturated heterocycles. The molecule has 0 unspecified atom stereocenters. The van der Waals surface area contributed by atoms with Gasteiger partial charge in [-0.3, -0.25) is 18.8 Å². The maximum atomic E-state index is 12.4. The lowest BCUT2D eigenvalue weighted by atomic mass is 9.97. The number of carbonyl (C=O) groups excluding carboxylic acids is 2. The summed E-state index contributed by atoms with van der Waals surface area (Å²) in [6.07, 6.45) is 4.64. The van der Waals surface area contributed by atoms with Crippen molar-refractivity contribution in [3.05, 3.63) is 23.5 Å². The molecule has 0 bridgehead atoms. The molecule has 0 radical (unpaired) electrons. The molecule has 2 aromatic heterocycles. The standard InChI is InChI=1S/C16H20N4O4S/c1-18(9-14(22)19-5-2-11(3-6-19)15(23)24)13(21)8-12-10-25-16-17-4-7-20(12)16/h4,7,10-11H,2-3,5-6,8-9H2,1H3,(H,23,24). The van der Waals surface area contributed by atoms with Crippen LogP contribution >= 0.6 is 11.3 Å². The van der Waals surface area contributed by atoms with Crippen LogP contribution in [0.3, 0.4) is 0 Å². The molecule has 2 amide bonds. The summed E-state index contributed by atoms with van der Waals surface area (Å²) in [4.78, 5) is 43.8. The van der Waals surface area contributed by atoms with Crippen LogP contribution in [-0.4, -0.2) is 68.8 Å². The molecular weight excluding hydrogens is 344 g/mol. The second-order valence-corrected chi connectivity index (χ2v) is 7.06. The van der Waals surface area contributed by atoms with Gasteiger partial charge in [-0.1, -0.05) is 0 Å². The Bertz CT molecular complexity index is 791. The number of aliphatic carboxylic acids is 1. The van der Waals surface area contributed by atoms with E-state index in [9.17, 15) is 14.4 Å². The Kier molecular flexibility index (Phi) is 5.03. The summed E-state index contributed by atoms with van der Waals surface area (Å²) in [5, 5.41) is 10.9. The second-order valence-electron chi connectivity index (χ2n) is 6.23. The zero-order valence-corrected chi connectivity index (χ0v) is 14.7. The first-order valence-corrected chi connectivity index (χ1v) is 8.97. The highest BCUT2D eigenvalue weighted by molar-refractivity contribution is 7.15. The minimum absolute atomic E-state index is 0.00772. The molecule has 1 N–H and O–H groups in total. The van der Waals surface area contributed by atoms with Gasteiger partial charge in [-0.15, -0.1) is 11.3 Å². The van der Waals surface area contributed by atoms with E-state index in [0.29, 0.717) is 25.9 Å². The number of carbonyl (C=O) groups is 3. The van der Waals surface area contributed by atoms with E-state index in [-0.39, 0.29) is 30.7 Å². The van der Waals surface area contributed by atoms with Gasteiger partial charge in [0.2, 0.25) is 11.8 Å². The van der Waals surface area contributed by atoms with E-state index in [1.807, 2.05) is 16.0 Å². The molecule has 3 heterocycles. The fraction of sp³-hybridized carbons (Fsp3) is 0.500. The second kappa shape index (κ2) is 7.22. The Balaban J connectivity index is 1.52. The number of thiazole rings is 1. The number of likely N-dealkylation sites (N-methyl/N-ethyl adjacent to an activating group) is 1. The molecule has 2 aromatic rings. The van der Waals surface area contributed by atoms with E-state index < -0.39 is 5.97 Å². The quantitative estimate of drug-likeness (QED) is 0.843. The van der Waals surface area contributed by atoms with E-state index in [4.69, 9.17) is 5.11 Å². The smallest absolute Gasteiger partial charge is 0.306 e. The van der Waals surface area contributed by atoms with Crippen molar-refractivity contribution in [1.82, 2.24) is 19.2 Å². The minimum Gasteiger partial charge on any atom is -0.481 e. The van der Waals surface area contributed by atoms with E-state index >= 15 is 0 Å². The van der Waals surface area contributed by atoms with Gasteiger partial charge in [0.1, 0.15) is 0 Å². The van der Waals surface area contributed by atoms with Gasteiger partial charge >= 0.3 is 5.97 Å². The third-order valence-corrected chi connectivity index (χ3v) is 5.45. The normalized spacial score (nSPS) is 15.5. The third-order valence-electron chi connectivity index (χ3n) is 4.54. The van der Waals surface area contributed by atoms with Crippen LogP contribution in [-0.2, 0) is 20.8 Å². The molecule has 25 heavy (non-hydrogen) atoms. The van der Waals surface area contributed by atoms with Crippen LogP contribution in [0, 0.1) is 5.92 Å². The van der Waals surface area contributed by atoms with Crippen molar-refractivity contribution in [3.8, 4) is 0 Å². The molecule has 8 nitrogen and oxygen atoms in total. The molecule has 0 atom stereocenters. The number of hydrogen-bond acceptors (Lipinski definition) is 5. The van der Waals surface area contributed by atoms with Crippen molar-refractivity contribution in [2.45, 2.75) is 19.3 Å². The van der Waals surface area contributed by atoms with Crippen molar-refractivity contribution in [1.29, 1.82) is 0 Å². The van der Waals surface area contributed by atoms with E-state index in [2.05, 4.69) is 4.98 Å². The van der Waals surface area contributed by atoms with Gasteiger partial charge in [0.15, 0.2) is 4.96 Å². The fourth-order valence-corrected chi connectivity index (χ4v) is 3.81. The Morgan fingerprint density at radius 3 is 2.76 bits per heavy atom. The molecule has 1 fully saturated rings. The average molecular weight is 364 g/mol. The average Bonchev–Trinajstić information content (AvgIpc) is 3.19. The van der Waals surface area contributed by atoms with Crippen molar-refractivity contribution in [2.24, 2.45) is 5.92 Å². The van der Waals surface area contributed by atoms with Crippen LogP contribution in [0.1, 0.15) is 18.5 Å². The van der Waals surface area contributed by atoms with Gasteiger partial charge in [0.25, 0.3) is 0 Å². The summed E-state index contributed by atoms with van der Waals surface area (Å²) in [5.74, 6) is -1.46. The number of carboxylic acid groups (broad SMARTS) is 1. The number of likely N-dealkylation sites (tertiary alicyclic amines) is 1. The fourth-order valence-electron chi connectivity index (χ4n) is 2.96. The summed E-state index contributed by atoms with van der Waals surface area (Å²) in [5.41, 5.74) is 0.851. The highest BCUT2D eigenvalue weighted by Crippen LogP contribution is 2.18. The molecule has 134 valence electrons.